The minimum Gasteiger partial charge on any atom is -0.490 e. The van der Waals surface area contributed by atoms with Crippen molar-refractivity contribution in [3.05, 3.63) is 62.9 Å². The van der Waals surface area contributed by atoms with Crippen LogP contribution in [0.2, 0.25) is 5.02 Å². The molecular formula is C28H35ClF4N4O6. The van der Waals surface area contributed by atoms with Crippen LogP contribution in [0, 0.1) is 15.9 Å². The molecular weight excluding hydrogens is 600 g/mol. The summed E-state index contributed by atoms with van der Waals surface area (Å²) in [7, 11) is 0. The number of nitro benzene ring substituents is 1. The summed E-state index contributed by atoms with van der Waals surface area (Å²) in [6.45, 7) is 5.14. The van der Waals surface area contributed by atoms with E-state index < -0.39 is 34.4 Å². The van der Waals surface area contributed by atoms with Crippen molar-refractivity contribution in [3.63, 3.8) is 0 Å². The fourth-order valence-corrected chi connectivity index (χ4v) is 4.91. The van der Waals surface area contributed by atoms with Crippen molar-refractivity contribution < 1.29 is 41.9 Å². The predicted molar refractivity (Wildman–Crippen MR) is 153 cm³/mol. The van der Waals surface area contributed by atoms with E-state index in [0.717, 1.165) is 19.1 Å². The first kappa shape index (κ1) is 35.5. The number of benzene rings is 2. The molecule has 2 saturated heterocycles. The zero-order chi connectivity index (χ0) is 31.0. The molecule has 0 radical (unpaired) electrons. The van der Waals surface area contributed by atoms with Crippen LogP contribution in [0.25, 0.3) is 0 Å². The molecule has 0 bridgehead atoms. The van der Waals surface area contributed by atoms with Crippen LogP contribution in [-0.4, -0.2) is 83.6 Å². The van der Waals surface area contributed by atoms with E-state index in [2.05, 4.69) is 4.90 Å². The van der Waals surface area contributed by atoms with Gasteiger partial charge in [-0.3, -0.25) is 24.6 Å². The lowest BCUT2D eigenvalue weighted by atomic mass is 10.1. The summed E-state index contributed by atoms with van der Waals surface area (Å²) in [5.41, 5.74) is -1.87. The number of piperazine rings is 1. The molecule has 1 amide bonds. The van der Waals surface area contributed by atoms with Crippen molar-refractivity contribution in [2.24, 2.45) is 0 Å². The van der Waals surface area contributed by atoms with Gasteiger partial charge in [0.05, 0.1) is 10.6 Å². The number of piperidine rings is 1. The Balaban J connectivity index is 0.00000121. The number of alkyl halides is 3. The number of carboxylic acid groups (broad SMARTS) is 1. The largest absolute Gasteiger partial charge is 0.490 e. The zero-order valence-electron chi connectivity index (χ0n) is 22.8. The number of amides is 1. The molecule has 0 unspecified atom stereocenters. The molecule has 10 nitrogen and oxygen atoms in total. The average molecular weight is 635 g/mol. The molecule has 238 valence electrons. The smallest absolute Gasteiger partial charge is 0.423 e. The lowest BCUT2D eigenvalue weighted by Crippen LogP contribution is -2.48. The van der Waals surface area contributed by atoms with Crippen LogP contribution in [0.4, 0.5) is 28.9 Å². The predicted octanol–water partition coefficient (Wildman–Crippen LogP) is 5.72. The van der Waals surface area contributed by atoms with Crippen molar-refractivity contribution >= 4 is 34.9 Å². The molecule has 0 aromatic heterocycles. The highest BCUT2D eigenvalue weighted by molar-refractivity contribution is 6.30. The molecule has 0 spiro atoms. The van der Waals surface area contributed by atoms with E-state index in [1.165, 1.54) is 6.07 Å². The van der Waals surface area contributed by atoms with E-state index in [-0.39, 0.29) is 24.9 Å². The molecule has 2 heterocycles. The molecule has 43 heavy (non-hydrogen) atoms. The second kappa shape index (κ2) is 15.7. The standard InChI is InChI=1S/C25H27ClF4N4O4.C2H4O2.CH4/c26-17-1-3-23(21(27)15-17)32-13-11-31(12-14-32)8-7-24(35)33-9-5-18(6-10-33)38-19-2-4-22(34(36)37)20(16-19)25(28,29)30;1-2(3)4;/h1-4,15-16,18H,5-14H2;1H3,(H,3,4);1H4. The molecule has 15 heteroatoms. The van der Waals surface area contributed by atoms with Crippen molar-refractivity contribution in [3.8, 4) is 5.75 Å². The van der Waals surface area contributed by atoms with Crippen LogP contribution in [-0.2, 0) is 15.8 Å². The Morgan fingerprint density at radius 3 is 2.21 bits per heavy atom. The van der Waals surface area contributed by atoms with E-state index in [0.29, 0.717) is 81.9 Å². The van der Waals surface area contributed by atoms with Gasteiger partial charge in [0.2, 0.25) is 5.91 Å². The van der Waals surface area contributed by atoms with Gasteiger partial charge in [0, 0.05) is 83.1 Å². The summed E-state index contributed by atoms with van der Waals surface area (Å²) >= 11 is 5.83. The van der Waals surface area contributed by atoms with Gasteiger partial charge in [-0.05, 0) is 30.3 Å². The summed E-state index contributed by atoms with van der Waals surface area (Å²) in [5, 5.41) is 18.7. The summed E-state index contributed by atoms with van der Waals surface area (Å²) in [5.74, 6) is -1.29. The van der Waals surface area contributed by atoms with Crippen LogP contribution in [0.3, 0.4) is 0 Å². The zero-order valence-corrected chi connectivity index (χ0v) is 23.5. The highest BCUT2D eigenvalue weighted by atomic mass is 35.5. The maximum absolute atomic E-state index is 14.2. The van der Waals surface area contributed by atoms with E-state index in [9.17, 15) is 32.5 Å². The van der Waals surface area contributed by atoms with Gasteiger partial charge in [0.25, 0.3) is 11.7 Å². The van der Waals surface area contributed by atoms with E-state index >= 15 is 0 Å². The lowest BCUT2D eigenvalue weighted by Gasteiger charge is -2.37. The molecule has 2 fully saturated rings. The topological polar surface area (TPSA) is 116 Å². The van der Waals surface area contributed by atoms with Crippen molar-refractivity contribution in [2.45, 2.75) is 45.9 Å². The molecule has 1 N–H and O–H groups in total. The summed E-state index contributed by atoms with van der Waals surface area (Å²) in [6, 6.07) is 7.22. The number of nitrogens with zero attached hydrogens (tertiary/aromatic N) is 4. The minimum atomic E-state index is -4.88. The van der Waals surface area contributed by atoms with Crippen molar-refractivity contribution in [1.29, 1.82) is 0 Å². The Hall–Kier alpha value is -3.65. The molecule has 2 aromatic carbocycles. The number of carbonyl (C=O) groups is 2. The maximum atomic E-state index is 14.2. The number of nitro groups is 1. The molecule has 0 aliphatic carbocycles. The number of aliphatic carboxylic acids is 1. The number of rotatable bonds is 7. The number of carbonyl (C=O) groups excluding carboxylic acids is 1. The highest BCUT2D eigenvalue weighted by Crippen LogP contribution is 2.38. The van der Waals surface area contributed by atoms with Gasteiger partial charge in [0.1, 0.15) is 23.2 Å². The number of carboxylic acids is 1. The maximum Gasteiger partial charge on any atom is 0.423 e. The Morgan fingerprint density at radius 2 is 1.67 bits per heavy atom. The Labute approximate surface area is 251 Å². The fourth-order valence-electron chi connectivity index (χ4n) is 4.75. The number of anilines is 1. The Bertz CT molecular complexity index is 1260. The lowest BCUT2D eigenvalue weighted by molar-refractivity contribution is -0.388. The van der Waals surface area contributed by atoms with Gasteiger partial charge < -0.3 is 19.6 Å². The molecule has 2 aliphatic heterocycles. The monoisotopic (exact) mass is 634 g/mol. The number of likely N-dealkylation sites (tertiary alicyclic amines) is 1. The third-order valence-electron chi connectivity index (χ3n) is 6.83. The molecule has 2 aliphatic rings. The van der Waals surface area contributed by atoms with Gasteiger partial charge in [-0.2, -0.15) is 13.2 Å². The van der Waals surface area contributed by atoms with Crippen LogP contribution >= 0.6 is 11.6 Å². The van der Waals surface area contributed by atoms with Crippen molar-refractivity contribution in [2.75, 3.05) is 50.7 Å². The second-order valence-electron chi connectivity index (χ2n) is 9.83. The normalized spacial score (nSPS) is 16.0. The molecule has 0 saturated carbocycles. The van der Waals surface area contributed by atoms with E-state index in [4.69, 9.17) is 26.2 Å². The number of halogens is 5. The van der Waals surface area contributed by atoms with Crippen LogP contribution in [0.5, 0.6) is 5.75 Å². The van der Waals surface area contributed by atoms with Crippen LogP contribution in [0.15, 0.2) is 36.4 Å². The first-order valence-electron chi connectivity index (χ1n) is 13.2. The van der Waals surface area contributed by atoms with E-state index in [1.807, 2.05) is 4.90 Å². The van der Waals surface area contributed by atoms with Gasteiger partial charge in [-0.15, -0.1) is 0 Å². The van der Waals surface area contributed by atoms with Gasteiger partial charge in [0.15, 0.2) is 0 Å². The number of hydrogen-bond donors (Lipinski definition) is 1. The van der Waals surface area contributed by atoms with Gasteiger partial charge in [-0.25, -0.2) is 4.39 Å². The average Bonchev–Trinajstić information content (AvgIpc) is 2.91. The highest BCUT2D eigenvalue weighted by Gasteiger charge is 2.39. The van der Waals surface area contributed by atoms with Crippen molar-refractivity contribution in [1.82, 2.24) is 9.80 Å². The number of hydrogen-bond acceptors (Lipinski definition) is 7. The molecule has 2 aromatic rings. The number of ether oxygens (including phenoxy) is 1. The van der Waals surface area contributed by atoms with Crippen LogP contribution in [0.1, 0.15) is 39.2 Å². The molecule has 4 rings (SSSR count). The summed E-state index contributed by atoms with van der Waals surface area (Å²) in [4.78, 5) is 37.4. The molecule has 0 atom stereocenters. The summed E-state index contributed by atoms with van der Waals surface area (Å²) < 4.78 is 59.5. The Kier molecular flexibility index (Phi) is 13.0. The third kappa shape index (κ3) is 10.5. The first-order chi connectivity index (χ1) is 19.7. The third-order valence-corrected chi connectivity index (χ3v) is 7.07. The first-order valence-corrected chi connectivity index (χ1v) is 13.5. The van der Waals surface area contributed by atoms with Gasteiger partial charge in [-0.1, -0.05) is 19.0 Å². The Morgan fingerprint density at radius 1 is 1.07 bits per heavy atom. The fraction of sp³-hybridized carbons (Fsp3) is 0.500. The van der Waals surface area contributed by atoms with E-state index in [1.54, 1.807) is 17.0 Å². The second-order valence-corrected chi connectivity index (χ2v) is 10.3. The van der Waals surface area contributed by atoms with Gasteiger partial charge >= 0.3 is 6.18 Å². The minimum absolute atomic E-state index is 0. The summed E-state index contributed by atoms with van der Waals surface area (Å²) in [6.07, 6.45) is -4.07. The SMILES string of the molecule is C.CC(=O)O.O=C(CCN1CCN(c2ccc(Cl)cc2F)CC1)N1CCC(Oc2ccc([N+](=O)[O-])c(C(F)(F)F)c2)CC1. The quantitative estimate of drug-likeness (QED) is 0.234. The van der Waals surface area contributed by atoms with Crippen LogP contribution < -0.4 is 9.64 Å².